The molecule has 2 heterocycles. The number of carbonyl (C=O) groups is 2. The number of nitrogens with one attached hydrogen (secondary N) is 2. The molecular formula is C20H17Cl2F2N3O2. The molecule has 1 saturated carbocycles. The molecule has 5 nitrogen and oxygen atoms in total. The van der Waals surface area contributed by atoms with Gasteiger partial charge in [0.05, 0.1) is 10.7 Å². The number of hydrogen-bond acceptors (Lipinski definition) is 3. The fourth-order valence-corrected chi connectivity index (χ4v) is 4.02. The molecule has 1 unspecified atom stereocenters. The number of nitrogens with zero attached hydrogens (tertiary/aromatic N) is 1. The molecule has 1 aromatic carbocycles. The van der Waals surface area contributed by atoms with Gasteiger partial charge in [-0.25, -0.2) is 13.6 Å². The van der Waals surface area contributed by atoms with Crippen LogP contribution in [0.5, 0.6) is 0 Å². The van der Waals surface area contributed by atoms with Gasteiger partial charge in [0.15, 0.2) is 5.78 Å². The zero-order chi connectivity index (χ0) is 20.7. The molecule has 1 aliphatic carbocycles. The van der Waals surface area contributed by atoms with Gasteiger partial charge in [-0.15, -0.1) is 0 Å². The third-order valence-corrected chi connectivity index (χ3v) is 5.91. The maximum atomic E-state index is 14.8. The molecule has 2 aliphatic rings. The number of urea groups is 1. The van der Waals surface area contributed by atoms with Crippen molar-refractivity contribution in [2.75, 3.05) is 6.54 Å². The van der Waals surface area contributed by atoms with E-state index in [0.29, 0.717) is 16.5 Å². The number of halogens is 4. The van der Waals surface area contributed by atoms with Crippen LogP contribution in [-0.4, -0.2) is 29.4 Å². The van der Waals surface area contributed by atoms with Crippen molar-refractivity contribution >= 4 is 35.0 Å². The lowest BCUT2D eigenvalue weighted by Gasteiger charge is -2.21. The highest BCUT2D eigenvalue weighted by atomic mass is 35.5. The van der Waals surface area contributed by atoms with Gasteiger partial charge < -0.3 is 10.6 Å². The van der Waals surface area contributed by atoms with E-state index in [0.717, 1.165) is 24.6 Å². The Morgan fingerprint density at radius 1 is 1.28 bits per heavy atom. The molecule has 29 heavy (non-hydrogen) atoms. The van der Waals surface area contributed by atoms with Gasteiger partial charge in [-0.3, -0.25) is 9.78 Å². The van der Waals surface area contributed by atoms with Gasteiger partial charge in [0, 0.05) is 31.0 Å². The minimum Gasteiger partial charge on any atom is -0.336 e. The highest BCUT2D eigenvalue weighted by molar-refractivity contribution is 6.31. The Hall–Kier alpha value is -2.25. The van der Waals surface area contributed by atoms with Gasteiger partial charge in [-0.2, -0.15) is 0 Å². The SMILES string of the molecule is O=C1NC[C@@H](C(=O)CC(c2cnc(C3CC3)c(Cl)c2)c2ccc(F)c(Cl)c2F)N1. The average molecular weight is 440 g/mol. The molecule has 2 aromatic rings. The summed E-state index contributed by atoms with van der Waals surface area (Å²) in [5, 5.41) is 4.85. The number of amides is 2. The summed E-state index contributed by atoms with van der Waals surface area (Å²) in [5.74, 6) is -2.56. The maximum Gasteiger partial charge on any atom is 0.315 e. The Balaban J connectivity index is 1.71. The van der Waals surface area contributed by atoms with Crippen molar-refractivity contribution in [3.8, 4) is 0 Å². The Bertz CT molecular complexity index is 998. The number of Topliss-reactive ketones (excluding diaryl/α,β-unsaturated/α-hetero) is 1. The molecule has 152 valence electrons. The van der Waals surface area contributed by atoms with Crippen LogP contribution in [0, 0.1) is 11.6 Å². The first-order valence-electron chi connectivity index (χ1n) is 9.21. The van der Waals surface area contributed by atoms with E-state index in [9.17, 15) is 18.4 Å². The first kappa shape index (κ1) is 20.0. The summed E-state index contributed by atoms with van der Waals surface area (Å²) in [6.45, 7) is 0.149. The monoisotopic (exact) mass is 439 g/mol. The third-order valence-electron chi connectivity index (χ3n) is 5.26. The van der Waals surface area contributed by atoms with Crippen molar-refractivity contribution in [1.29, 1.82) is 0 Å². The molecule has 1 aliphatic heterocycles. The van der Waals surface area contributed by atoms with Crippen LogP contribution < -0.4 is 10.6 Å². The summed E-state index contributed by atoms with van der Waals surface area (Å²) in [7, 11) is 0. The molecule has 1 saturated heterocycles. The molecule has 0 spiro atoms. The highest BCUT2D eigenvalue weighted by Crippen LogP contribution is 2.43. The van der Waals surface area contributed by atoms with Crippen molar-refractivity contribution in [2.24, 2.45) is 0 Å². The zero-order valence-corrected chi connectivity index (χ0v) is 16.7. The number of hydrogen-bond donors (Lipinski definition) is 2. The molecule has 1 aromatic heterocycles. The summed E-state index contributed by atoms with van der Waals surface area (Å²) in [5.41, 5.74) is 1.37. The number of benzene rings is 1. The van der Waals surface area contributed by atoms with E-state index in [2.05, 4.69) is 15.6 Å². The van der Waals surface area contributed by atoms with E-state index in [4.69, 9.17) is 23.2 Å². The molecule has 2 atom stereocenters. The van der Waals surface area contributed by atoms with Crippen molar-refractivity contribution in [1.82, 2.24) is 15.6 Å². The maximum absolute atomic E-state index is 14.8. The summed E-state index contributed by atoms with van der Waals surface area (Å²) in [6.07, 6.45) is 3.47. The summed E-state index contributed by atoms with van der Waals surface area (Å²) in [6, 6.07) is 2.84. The molecule has 2 N–H and O–H groups in total. The second-order valence-electron chi connectivity index (χ2n) is 7.30. The number of carbonyl (C=O) groups excluding carboxylic acids is 2. The smallest absolute Gasteiger partial charge is 0.315 e. The van der Waals surface area contributed by atoms with Crippen molar-refractivity contribution in [2.45, 2.75) is 37.1 Å². The lowest BCUT2D eigenvalue weighted by Crippen LogP contribution is -2.35. The minimum atomic E-state index is -0.930. The van der Waals surface area contributed by atoms with Crippen LogP contribution in [0.2, 0.25) is 10.0 Å². The molecular weight excluding hydrogens is 423 g/mol. The van der Waals surface area contributed by atoms with E-state index < -0.39 is 34.6 Å². The number of aromatic nitrogens is 1. The first-order chi connectivity index (χ1) is 13.8. The van der Waals surface area contributed by atoms with Crippen LogP contribution in [0.1, 0.15) is 47.9 Å². The molecule has 9 heteroatoms. The number of rotatable bonds is 6. The fraction of sp³-hybridized carbons (Fsp3) is 0.350. The highest BCUT2D eigenvalue weighted by Gasteiger charge is 2.32. The van der Waals surface area contributed by atoms with E-state index in [1.54, 1.807) is 12.3 Å². The average Bonchev–Trinajstić information content (AvgIpc) is 3.44. The Morgan fingerprint density at radius 2 is 2.03 bits per heavy atom. The van der Waals surface area contributed by atoms with Gasteiger partial charge in [0.1, 0.15) is 22.7 Å². The van der Waals surface area contributed by atoms with Crippen molar-refractivity contribution in [3.63, 3.8) is 0 Å². The topological polar surface area (TPSA) is 71.1 Å². The van der Waals surface area contributed by atoms with Gasteiger partial charge in [-0.1, -0.05) is 29.3 Å². The Morgan fingerprint density at radius 3 is 2.66 bits per heavy atom. The number of ketones is 1. The van der Waals surface area contributed by atoms with Crippen LogP contribution >= 0.6 is 23.2 Å². The van der Waals surface area contributed by atoms with Crippen LogP contribution in [-0.2, 0) is 4.79 Å². The first-order valence-corrected chi connectivity index (χ1v) is 9.96. The second kappa shape index (κ2) is 7.88. The predicted octanol–water partition coefficient (Wildman–Crippen LogP) is 4.32. The van der Waals surface area contributed by atoms with Crippen LogP contribution in [0.15, 0.2) is 24.4 Å². The Kier molecular flexibility index (Phi) is 5.44. The van der Waals surface area contributed by atoms with Gasteiger partial charge in [-0.05, 0) is 36.1 Å². The van der Waals surface area contributed by atoms with Gasteiger partial charge in [0.2, 0.25) is 0 Å². The normalized spacial score (nSPS) is 19.6. The third kappa shape index (κ3) is 4.07. The van der Waals surface area contributed by atoms with E-state index in [-0.39, 0.29) is 24.3 Å². The lowest BCUT2D eigenvalue weighted by molar-refractivity contribution is -0.120. The number of pyridine rings is 1. The Labute approximate surface area is 175 Å². The fourth-order valence-electron chi connectivity index (χ4n) is 3.52. The van der Waals surface area contributed by atoms with Gasteiger partial charge in [0.25, 0.3) is 0 Å². The largest absolute Gasteiger partial charge is 0.336 e. The van der Waals surface area contributed by atoms with E-state index in [1.807, 2.05) is 0 Å². The van der Waals surface area contributed by atoms with E-state index in [1.165, 1.54) is 6.07 Å². The van der Waals surface area contributed by atoms with Crippen LogP contribution in [0.4, 0.5) is 13.6 Å². The second-order valence-corrected chi connectivity index (χ2v) is 8.09. The predicted molar refractivity (Wildman–Crippen MR) is 104 cm³/mol. The summed E-state index contributed by atoms with van der Waals surface area (Å²) >= 11 is 12.1. The lowest BCUT2D eigenvalue weighted by atomic mass is 9.86. The standard InChI is InChI=1S/C20H17Cl2F2N3O2/c21-13-5-10(7-25-19(13)9-1-2-9)12(6-16(28)15-8-26-20(29)27-15)11-3-4-14(23)17(22)18(11)24/h3-5,7,9,12,15H,1-2,6,8H2,(H2,26,27,29)/t12?,15-/m0/s1. The van der Waals surface area contributed by atoms with E-state index >= 15 is 0 Å². The molecule has 0 radical (unpaired) electrons. The van der Waals surface area contributed by atoms with Crippen molar-refractivity contribution in [3.05, 3.63) is 62.9 Å². The minimum absolute atomic E-state index is 0.0686. The van der Waals surface area contributed by atoms with Crippen LogP contribution in [0.25, 0.3) is 0 Å². The molecule has 4 rings (SSSR count). The summed E-state index contributed by atoms with van der Waals surface area (Å²) in [4.78, 5) is 28.5. The quantitative estimate of drug-likeness (QED) is 0.658. The molecule has 2 fully saturated rings. The van der Waals surface area contributed by atoms with Crippen molar-refractivity contribution < 1.29 is 18.4 Å². The molecule has 2 amide bonds. The zero-order valence-electron chi connectivity index (χ0n) is 15.1. The van der Waals surface area contributed by atoms with Crippen LogP contribution in [0.3, 0.4) is 0 Å². The summed E-state index contributed by atoms with van der Waals surface area (Å²) < 4.78 is 28.4. The van der Waals surface area contributed by atoms with Gasteiger partial charge >= 0.3 is 6.03 Å². The molecule has 0 bridgehead atoms.